The molecule has 0 saturated carbocycles. The molecule has 1 heterocycles. The predicted octanol–water partition coefficient (Wildman–Crippen LogP) is -1.37. The molecule has 0 aliphatic heterocycles. The van der Waals surface area contributed by atoms with Gasteiger partial charge >= 0.3 is 5.69 Å². The Kier molecular flexibility index (Phi) is 1.80. The summed E-state index contributed by atoms with van der Waals surface area (Å²) in [7, 11) is 0. The normalized spacial score (nSPS) is 9.91. The lowest BCUT2D eigenvalue weighted by molar-refractivity contribution is -0.280. The van der Waals surface area contributed by atoms with Gasteiger partial charge in [-0.25, -0.2) is 4.79 Å². The molecule has 0 aliphatic rings. The number of H-pyrrole nitrogens is 1. The molecule has 0 atom stereocenters. The monoisotopic (exact) mass is 155 g/mol. The zero-order valence-corrected chi connectivity index (χ0v) is 5.96. The third kappa shape index (κ3) is 1.31. The Morgan fingerprint density at radius 1 is 1.64 bits per heavy atom. The molecule has 11 heavy (non-hydrogen) atoms. The van der Waals surface area contributed by atoms with Crippen molar-refractivity contribution in [1.29, 1.82) is 0 Å². The quantitative estimate of drug-likeness (QED) is 0.543. The molecule has 0 aliphatic carbocycles. The van der Waals surface area contributed by atoms with Gasteiger partial charge in [0.15, 0.2) is 0 Å². The lowest BCUT2D eigenvalue weighted by Crippen LogP contribution is -2.30. The van der Waals surface area contributed by atoms with Gasteiger partial charge in [-0.3, -0.25) is 9.78 Å². The Bertz CT molecular complexity index is 363. The molecule has 0 spiro atoms. The van der Waals surface area contributed by atoms with E-state index in [0.29, 0.717) is 0 Å². The van der Waals surface area contributed by atoms with E-state index < -0.39 is 17.1 Å². The Hall–Kier alpha value is -1.52. The second-order valence-electron chi connectivity index (χ2n) is 2.02. The first-order chi connectivity index (χ1) is 5.15. The van der Waals surface area contributed by atoms with Crippen molar-refractivity contribution in [2.75, 3.05) is 0 Å². The molecular formula is C6H7N2O3-. The Morgan fingerprint density at radius 3 is 2.73 bits per heavy atom. The van der Waals surface area contributed by atoms with Crippen molar-refractivity contribution in [3.63, 3.8) is 0 Å². The zero-order chi connectivity index (χ0) is 8.43. The lowest BCUT2D eigenvalue weighted by atomic mass is 10.6. The summed E-state index contributed by atoms with van der Waals surface area (Å²) >= 11 is 0. The van der Waals surface area contributed by atoms with Gasteiger partial charge in [0.1, 0.15) is 0 Å². The Morgan fingerprint density at radius 2 is 2.27 bits per heavy atom. The Labute approximate surface area is 61.9 Å². The summed E-state index contributed by atoms with van der Waals surface area (Å²) in [4.78, 5) is 23.3. The SMILES string of the molecule is CCn1c([O-])cc(=O)[nH]c1=O. The van der Waals surface area contributed by atoms with Crippen LogP contribution < -0.4 is 16.4 Å². The van der Waals surface area contributed by atoms with Crippen LogP contribution in [0.3, 0.4) is 0 Å². The van der Waals surface area contributed by atoms with Crippen LogP contribution in [0.1, 0.15) is 6.92 Å². The summed E-state index contributed by atoms with van der Waals surface area (Å²) in [6, 6.07) is 0.852. The maximum absolute atomic E-state index is 10.8. The minimum Gasteiger partial charge on any atom is -0.860 e. The number of nitrogens with zero attached hydrogens (tertiary/aromatic N) is 1. The van der Waals surface area contributed by atoms with E-state index >= 15 is 0 Å². The third-order valence-corrected chi connectivity index (χ3v) is 1.31. The van der Waals surface area contributed by atoms with E-state index in [1.807, 2.05) is 4.98 Å². The van der Waals surface area contributed by atoms with E-state index in [-0.39, 0.29) is 6.54 Å². The van der Waals surface area contributed by atoms with Gasteiger partial charge in [-0.05, 0) is 12.8 Å². The van der Waals surface area contributed by atoms with Gasteiger partial charge in [0.05, 0.1) is 0 Å². The summed E-state index contributed by atoms with van der Waals surface area (Å²) < 4.78 is 0.946. The van der Waals surface area contributed by atoms with Crippen LogP contribution in [0.25, 0.3) is 0 Å². The molecule has 5 heteroatoms. The first kappa shape index (κ1) is 7.59. The van der Waals surface area contributed by atoms with E-state index in [1.165, 1.54) is 0 Å². The van der Waals surface area contributed by atoms with Gasteiger partial charge in [0, 0.05) is 12.6 Å². The van der Waals surface area contributed by atoms with Crippen LogP contribution in [0.15, 0.2) is 15.7 Å². The summed E-state index contributed by atoms with van der Waals surface area (Å²) in [6.45, 7) is 1.93. The maximum Gasteiger partial charge on any atom is 0.327 e. The highest BCUT2D eigenvalue weighted by Gasteiger charge is 1.93. The van der Waals surface area contributed by atoms with Gasteiger partial charge in [-0.1, -0.05) is 0 Å². The number of hydrogen-bond donors (Lipinski definition) is 1. The standard InChI is InChI=1S/C6H8N2O3/c1-2-8-5(10)3-4(9)7-6(8)11/h3,10H,2H2,1H3,(H,7,9,11)/p-1. The number of aromatic nitrogens is 2. The highest BCUT2D eigenvalue weighted by Crippen LogP contribution is 1.92. The predicted molar refractivity (Wildman–Crippen MR) is 36.4 cm³/mol. The zero-order valence-electron chi connectivity index (χ0n) is 5.96. The first-order valence-corrected chi connectivity index (χ1v) is 3.16. The summed E-state index contributed by atoms with van der Waals surface area (Å²) in [5.41, 5.74) is -1.30. The lowest BCUT2D eigenvalue weighted by Gasteiger charge is -2.11. The van der Waals surface area contributed by atoms with Crippen LogP contribution in [0, 0.1) is 0 Å². The van der Waals surface area contributed by atoms with Crippen LogP contribution in [-0.4, -0.2) is 9.55 Å². The van der Waals surface area contributed by atoms with Gasteiger partial charge in [0.2, 0.25) is 0 Å². The summed E-state index contributed by atoms with van der Waals surface area (Å²) in [6.07, 6.45) is 0. The molecule has 0 radical (unpaired) electrons. The molecular weight excluding hydrogens is 148 g/mol. The summed E-state index contributed by atoms with van der Waals surface area (Å²) in [5.74, 6) is -0.554. The van der Waals surface area contributed by atoms with Crippen molar-refractivity contribution in [2.45, 2.75) is 13.5 Å². The molecule has 0 unspecified atom stereocenters. The molecule has 1 rings (SSSR count). The second-order valence-corrected chi connectivity index (χ2v) is 2.02. The fourth-order valence-corrected chi connectivity index (χ4v) is 0.799. The third-order valence-electron chi connectivity index (χ3n) is 1.31. The van der Waals surface area contributed by atoms with Crippen LogP contribution in [0.2, 0.25) is 0 Å². The van der Waals surface area contributed by atoms with Gasteiger partial charge in [-0.2, -0.15) is 0 Å². The minimum atomic E-state index is -0.648. The number of rotatable bonds is 1. The first-order valence-electron chi connectivity index (χ1n) is 3.16. The topological polar surface area (TPSA) is 77.9 Å². The van der Waals surface area contributed by atoms with Crippen molar-refractivity contribution in [1.82, 2.24) is 9.55 Å². The average molecular weight is 155 g/mol. The minimum absolute atomic E-state index is 0.272. The summed E-state index contributed by atoms with van der Waals surface area (Å²) in [5, 5.41) is 10.8. The fraction of sp³-hybridized carbons (Fsp3) is 0.333. The van der Waals surface area contributed by atoms with Gasteiger partial charge in [0.25, 0.3) is 5.56 Å². The van der Waals surface area contributed by atoms with Crippen molar-refractivity contribution in [3.8, 4) is 5.88 Å². The van der Waals surface area contributed by atoms with E-state index in [1.54, 1.807) is 6.92 Å². The molecule has 60 valence electrons. The largest absolute Gasteiger partial charge is 0.860 e. The number of nitrogens with one attached hydrogen (secondary N) is 1. The molecule has 0 saturated heterocycles. The van der Waals surface area contributed by atoms with E-state index in [2.05, 4.69) is 0 Å². The van der Waals surface area contributed by atoms with Crippen LogP contribution >= 0.6 is 0 Å². The smallest absolute Gasteiger partial charge is 0.327 e. The van der Waals surface area contributed by atoms with Crippen molar-refractivity contribution in [2.24, 2.45) is 0 Å². The highest BCUT2D eigenvalue weighted by atomic mass is 16.3. The van der Waals surface area contributed by atoms with Gasteiger partial charge < -0.3 is 9.67 Å². The molecule has 1 aromatic heterocycles. The maximum atomic E-state index is 10.8. The van der Waals surface area contributed by atoms with Crippen molar-refractivity contribution >= 4 is 0 Å². The van der Waals surface area contributed by atoms with Crippen LogP contribution in [0.4, 0.5) is 0 Å². The number of hydrogen-bond acceptors (Lipinski definition) is 3. The van der Waals surface area contributed by atoms with Crippen LogP contribution in [-0.2, 0) is 6.54 Å². The molecule has 0 aromatic carbocycles. The fourth-order valence-electron chi connectivity index (χ4n) is 0.799. The molecule has 1 N–H and O–H groups in total. The second kappa shape index (κ2) is 2.61. The van der Waals surface area contributed by atoms with Crippen molar-refractivity contribution in [3.05, 3.63) is 26.9 Å². The van der Waals surface area contributed by atoms with E-state index in [4.69, 9.17) is 0 Å². The molecule has 0 amide bonds. The highest BCUT2D eigenvalue weighted by molar-refractivity contribution is 5.03. The van der Waals surface area contributed by atoms with Gasteiger partial charge in [-0.15, -0.1) is 0 Å². The molecule has 5 nitrogen and oxygen atoms in total. The average Bonchev–Trinajstić information content (AvgIpc) is 1.85. The molecule has 0 fully saturated rings. The van der Waals surface area contributed by atoms with E-state index in [9.17, 15) is 14.7 Å². The van der Waals surface area contributed by atoms with Crippen molar-refractivity contribution < 1.29 is 5.11 Å². The molecule has 1 aromatic rings. The molecule has 0 bridgehead atoms. The number of aromatic amines is 1. The van der Waals surface area contributed by atoms with E-state index in [0.717, 1.165) is 10.6 Å². The Balaban J connectivity index is 3.49. The van der Waals surface area contributed by atoms with Crippen LogP contribution in [0.5, 0.6) is 5.88 Å².